The second-order valence-electron chi connectivity index (χ2n) is 6.93. The van der Waals surface area contributed by atoms with Crippen molar-refractivity contribution in [2.45, 2.75) is 71.3 Å². The molecule has 0 saturated carbocycles. The first-order valence-corrected chi connectivity index (χ1v) is 10.3. The molecular weight excluding hydrogens is 336 g/mol. The quantitative estimate of drug-likeness (QED) is 0.238. The number of unbranched alkanes of at least 4 members (excludes halogenated alkanes) is 4. The summed E-state index contributed by atoms with van der Waals surface area (Å²) in [5, 5.41) is 0. The van der Waals surface area contributed by atoms with Crippen LogP contribution >= 0.6 is 0 Å². The van der Waals surface area contributed by atoms with Gasteiger partial charge in [-0.3, -0.25) is 0 Å². The summed E-state index contributed by atoms with van der Waals surface area (Å²) in [5.74, 6) is 0.610. The van der Waals surface area contributed by atoms with Crippen molar-refractivity contribution in [3.63, 3.8) is 0 Å². The third-order valence-corrected chi connectivity index (χ3v) is 4.70. The number of para-hydroxylation sites is 1. The second-order valence-corrected chi connectivity index (χ2v) is 6.93. The lowest BCUT2D eigenvalue weighted by atomic mass is 10.0. The van der Waals surface area contributed by atoms with E-state index in [0.29, 0.717) is 5.75 Å². The number of aryl methyl sites for hydroxylation is 1. The minimum atomic E-state index is -0.622. The zero-order valence-electron chi connectivity index (χ0n) is 16.7. The highest BCUT2D eigenvalue weighted by atomic mass is 16.7. The van der Waals surface area contributed by atoms with Crippen LogP contribution in [0.4, 0.5) is 4.79 Å². The van der Waals surface area contributed by atoms with E-state index < -0.39 is 6.16 Å². The Morgan fingerprint density at radius 2 is 1.52 bits per heavy atom. The summed E-state index contributed by atoms with van der Waals surface area (Å²) in [6.45, 7) is 4.35. The van der Waals surface area contributed by atoms with Crippen molar-refractivity contribution >= 4 is 6.16 Å². The van der Waals surface area contributed by atoms with E-state index in [2.05, 4.69) is 13.8 Å². The number of carbonyl (C=O) groups excluding carboxylic acids is 1. The molecule has 0 spiro atoms. The molecule has 0 radical (unpaired) electrons. The number of hydrogen-bond donors (Lipinski definition) is 0. The summed E-state index contributed by atoms with van der Waals surface area (Å²) in [6, 6.07) is 17.7. The Kier molecular flexibility index (Phi) is 9.47. The molecule has 0 aliphatic carbocycles. The maximum absolute atomic E-state index is 12.5. The predicted octanol–water partition coefficient (Wildman–Crippen LogP) is 7.26. The van der Waals surface area contributed by atoms with E-state index in [4.69, 9.17) is 9.47 Å². The Labute approximate surface area is 163 Å². The van der Waals surface area contributed by atoms with E-state index in [9.17, 15) is 4.79 Å². The summed E-state index contributed by atoms with van der Waals surface area (Å²) in [4.78, 5) is 12.5. The van der Waals surface area contributed by atoms with Crippen LogP contribution in [0.1, 0.15) is 76.0 Å². The van der Waals surface area contributed by atoms with Gasteiger partial charge in [-0.2, -0.15) is 0 Å². The third kappa shape index (κ3) is 7.46. The van der Waals surface area contributed by atoms with E-state index in [-0.39, 0.29) is 6.10 Å². The summed E-state index contributed by atoms with van der Waals surface area (Å²) in [6.07, 6.45) is 7.56. The monoisotopic (exact) mass is 368 g/mol. The predicted molar refractivity (Wildman–Crippen MR) is 110 cm³/mol. The number of benzene rings is 2. The average molecular weight is 369 g/mol. The van der Waals surface area contributed by atoms with E-state index in [1.165, 1.54) is 12.8 Å². The first kappa shape index (κ1) is 21.0. The Morgan fingerprint density at radius 3 is 2.26 bits per heavy atom. The molecule has 0 bridgehead atoms. The van der Waals surface area contributed by atoms with Gasteiger partial charge in [-0.25, -0.2) is 4.79 Å². The highest BCUT2D eigenvalue weighted by Crippen LogP contribution is 2.26. The SMILES string of the molecule is CCCCCc1ccccc1OC(=O)OC(CCCCC)c1ccccc1. The zero-order valence-corrected chi connectivity index (χ0v) is 16.7. The van der Waals surface area contributed by atoms with Crippen LogP contribution in [0.25, 0.3) is 0 Å². The van der Waals surface area contributed by atoms with Crippen LogP contribution in [-0.4, -0.2) is 6.16 Å². The van der Waals surface area contributed by atoms with Gasteiger partial charge in [0, 0.05) is 0 Å². The van der Waals surface area contributed by atoms with Crippen LogP contribution in [0.5, 0.6) is 5.75 Å². The highest BCUT2D eigenvalue weighted by Gasteiger charge is 2.19. The fraction of sp³-hybridized carbons (Fsp3) is 0.458. The lowest BCUT2D eigenvalue weighted by molar-refractivity contribution is 0.0526. The number of carbonyl (C=O) groups is 1. The molecule has 1 atom stereocenters. The molecule has 0 amide bonds. The molecule has 0 aliphatic rings. The molecule has 0 saturated heterocycles. The number of rotatable bonds is 11. The number of hydrogen-bond acceptors (Lipinski definition) is 3. The first-order valence-electron chi connectivity index (χ1n) is 10.3. The maximum atomic E-state index is 12.5. The Morgan fingerprint density at radius 1 is 0.852 bits per heavy atom. The maximum Gasteiger partial charge on any atom is 0.514 e. The van der Waals surface area contributed by atoms with E-state index in [1.807, 2.05) is 54.6 Å². The van der Waals surface area contributed by atoms with Gasteiger partial charge >= 0.3 is 6.16 Å². The van der Waals surface area contributed by atoms with Crippen LogP contribution in [0, 0.1) is 0 Å². The van der Waals surface area contributed by atoms with Crippen LogP contribution in [-0.2, 0) is 11.2 Å². The van der Waals surface area contributed by atoms with Crippen molar-refractivity contribution in [2.75, 3.05) is 0 Å². The van der Waals surface area contributed by atoms with Crippen LogP contribution in [0.15, 0.2) is 54.6 Å². The fourth-order valence-corrected chi connectivity index (χ4v) is 3.15. The van der Waals surface area contributed by atoms with Crippen molar-refractivity contribution in [2.24, 2.45) is 0 Å². The normalized spacial score (nSPS) is 11.8. The molecule has 27 heavy (non-hydrogen) atoms. The minimum absolute atomic E-state index is 0.266. The summed E-state index contributed by atoms with van der Waals surface area (Å²) in [7, 11) is 0. The van der Waals surface area contributed by atoms with E-state index >= 15 is 0 Å². The molecular formula is C24H32O3. The lowest BCUT2D eigenvalue weighted by Crippen LogP contribution is -2.16. The van der Waals surface area contributed by atoms with Crippen molar-refractivity contribution in [1.82, 2.24) is 0 Å². The fourth-order valence-electron chi connectivity index (χ4n) is 3.15. The Balaban J connectivity index is 2.01. The summed E-state index contributed by atoms with van der Waals surface area (Å²) in [5.41, 5.74) is 2.08. The molecule has 0 fully saturated rings. The van der Waals surface area contributed by atoms with Gasteiger partial charge in [-0.1, -0.05) is 88.1 Å². The molecule has 2 aromatic carbocycles. The molecule has 0 aromatic heterocycles. The van der Waals surface area contributed by atoms with Crippen molar-refractivity contribution in [3.05, 3.63) is 65.7 Å². The van der Waals surface area contributed by atoms with Gasteiger partial charge in [-0.15, -0.1) is 0 Å². The van der Waals surface area contributed by atoms with Crippen LogP contribution in [0.2, 0.25) is 0 Å². The third-order valence-electron chi connectivity index (χ3n) is 4.70. The van der Waals surface area contributed by atoms with E-state index in [1.54, 1.807) is 0 Å². The average Bonchev–Trinajstić information content (AvgIpc) is 2.69. The van der Waals surface area contributed by atoms with Gasteiger partial charge in [0.05, 0.1) is 0 Å². The molecule has 2 rings (SSSR count). The largest absolute Gasteiger partial charge is 0.514 e. The van der Waals surface area contributed by atoms with Crippen molar-refractivity contribution in [3.8, 4) is 5.75 Å². The van der Waals surface area contributed by atoms with Crippen LogP contribution < -0.4 is 4.74 Å². The number of ether oxygens (including phenoxy) is 2. The van der Waals surface area contributed by atoms with Crippen molar-refractivity contribution in [1.29, 1.82) is 0 Å². The highest BCUT2D eigenvalue weighted by molar-refractivity contribution is 5.65. The molecule has 3 nitrogen and oxygen atoms in total. The van der Waals surface area contributed by atoms with Gasteiger partial charge < -0.3 is 9.47 Å². The van der Waals surface area contributed by atoms with Gasteiger partial charge in [0.1, 0.15) is 11.9 Å². The zero-order chi connectivity index (χ0) is 19.3. The molecule has 3 heteroatoms. The molecule has 1 unspecified atom stereocenters. The smallest absolute Gasteiger partial charge is 0.426 e. The standard InChI is InChI=1S/C24H32O3/c1-3-5-8-14-20-17-12-13-19-23(20)27-24(25)26-22(18-9-6-4-2)21-15-10-7-11-16-21/h7,10-13,15-17,19,22H,3-6,8-9,14,18H2,1-2H3. The van der Waals surface area contributed by atoms with Crippen molar-refractivity contribution < 1.29 is 14.3 Å². The topological polar surface area (TPSA) is 35.5 Å². The van der Waals surface area contributed by atoms with Gasteiger partial charge in [0.15, 0.2) is 0 Å². The first-order chi connectivity index (χ1) is 13.2. The minimum Gasteiger partial charge on any atom is -0.426 e. The molecule has 0 aliphatic heterocycles. The second kappa shape index (κ2) is 12.2. The van der Waals surface area contributed by atoms with Gasteiger partial charge in [-0.05, 0) is 42.9 Å². The summed E-state index contributed by atoms with van der Waals surface area (Å²) < 4.78 is 11.3. The molecule has 146 valence electrons. The van der Waals surface area contributed by atoms with Gasteiger partial charge in [0.25, 0.3) is 0 Å². The van der Waals surface area contributed by atoms with Crippen LogP contribution in [0.3, 0.4) is 0 Å². The molecule has 2 aromatic rings. The van der Waals surface area contributed by atoms with Gasteiger partial charge in [0.2, 0.25) is 0 Å². The lowest BCUT2D eigenvalue weighted by Gasteiger charge is -2.18. The summed E-state index contributed by atoms with van der Waals surface area (Å²) >= 11 is 0. The Bertz CT molecular complexity index is 666. The molecule has 0 heterocycles. The van der Waals surface area contributed by atoms with E-state index in [0.717, 1.165) is 49.7 Å². The molecule has 0 N–H and O–H groups in total. The Hall–Kier alpha value is -2.29.